The Kier molecular flexibility index (Phi) is 5.66. The minimum atomic E-state index is -0.0371. The first-order chi connectivity index (χ1) is 15.6. The van der Waals surface area contributed by atoms with Crippen LogP contribution in [-0.4, -0.2) is 35.3 Å². The number of aromatic nitrogens is 1. The molecule has 0 aliphatic carbocycles. The predicted molar refractivity (Wildman–Crippen MR) is 124 cm³/mol. The van der Waals surface area contributed by atoms with E-state index in [0.717, 1.165) is 47.5 Å². The molecule has 0 saturated carbocycles. The van der Waals surface area contributed by atoms with Gasteiger partial charge >= 0.3 is 0 Å². The highest BCUT2D eigenvalue weighted by atomic mass is 16.5. The zero-order chi connectivity index (χ0) is 22.1. The van der Waals surface area contributed by atoms with Crippen LogP contribution in [0.2, 0.25) is 0 Å². The zero-order valence-electron chi connectivity index (χ0n) is 18.4. The normalized spacial score (nSPS) is 21.9. The summed E-state index contributed by atoms with van der Waals surface area (Å²) in [6, 6.07) is 14.2. The van der Waals surface area contributed by atoms with E-state index >= 15 is 0 Å². The second kappa shape index (κ2) is 8.74. The molecule has 0 spiro atoms. The molecule has 7 heteroatoms. The maximum absolute atomic E-state index is 11.7. The number of carbonyl (C=O) groups excluding carboxylic acids is 1. The van der Waals surface area contributed by atoms with Crippen molar-refractivity contribution in [3.05, 3.63) is 48.0 Å². The van der Waals surface area contributed by atoms with Gasteiger partial charge in [-0.2, -0.15) is 5.10 Å². The molecule has 1 saturated heterocycles. The van der Waals surface area contributed by atoms with Gasteiger partial charge in [0.1, 0.15) is 17.4 Å². The third-order valence-corrected chi connectivity index (χ3v) is 6.38. The maximum Gasteiger partial charge on any atom is 0.240 e. The highest BCUT2D eigenvalue weighted by molar-refractivity contribution is 6.07. The fourth-order valence-corrected chi connectivity index (χ4v) is 4.51. The van der Waals surface area contributed by atoms with Gasteiger partial charge in [-0.1, -0.05) is 13.0 Å². The first-order valence-electron chi connectivity index (χ1n) is 11.4. The van der Waals surface area contributed by atoms with Crippen molar-refractivity contribution in [2.45, 2.75) is 51.7 Å². The van der Waals surface area contributed by atoms with Gasteiger partial charge < -0.3 is 14.5 Å². The lowest BCUT2D eigenvalue weighted by molar-refractivity contribution is -0.122. The predicted octanol–water partition coefficient (Wildman–Crippen LogP) is 4.26. The summed E-state index contributed by atoms with van der Waals surface area (Å²) in [5.41, 5.74) is 6.83. The number of hydrazone groups is 1. The van der Waals surface area contributed by atoms with Gasteiger partial charge in [-0.05, 0) is 69.1 Å². The lowest BCUT2D eigenvalue weighted by atomic mass is 9.90. The number of nitrogens with zero attached hydrogens (tertiary/aromatic N) is 2. The summed E-state index contributed by atoms with van der Waals surface area (Å²) in [6.07, 6.45) is 3.81. The molecule has 3 atom stereocenters. The molecule has 0 bridgehead atoms. The molecule has 1 amide bonds. The number of benzene rings is 2. The van der Waals surface area contributed by atoms with Crippen LogP contribution in [0.15, 0.2) is 52.0 Å². The van der Waals surface area contributed by atoms with Crippen LogP contribution >= 0.6 is 0 Å². The highest BCUT2D eigenvalue weighted by Gasteiger charge is 2.25. The number of carbonyl (C=O) groups is 1. The van der Waals surface area contributed by atoms with Gasteiger partial charge in [0, 0.05) is 29.5 Å². The Balaban J connectivity index is 1.35. The second-order valence-corrected chi connectivity index (χ2v) is 8.59. The van der Waals surface area contributed by atoms with Crippen molar-refractivity contribution < 1.29 is 13.9 Å². The molecule has 166 valence electrons. The molecule has 2 aromatic carbocycles. The SMILES string of the molecule is CCC1CC(=O)NN=C1c1ccc2nc(-c3ccc(O[C@@H](C)C4CCCN4)cc3)oc2c1. The Morgan fingerprint density at radius 2 is 2.00 bits per heavy atom. The van der Waals surface area contributed by atoms with Crippen molar-refractivity contribution in [1.29, 1.82) is 0 Å². The molecule has 7 nitrogen and oxygen atoms in total. The van der Waals surface area contributed by atoms with Crippen LogP contribution in [-0.2, 0) is 4.79 Å². The lowest BCUT2D eigenvalue weighted by Crippen LogP contribution is -2.36. The summed E-state index contributed by atoms with van der Waals surface area (Å²) in [5.74, 6) is 1.49. The van der Waals surface area contributed by atoms with Gasteiger partial charge in [0.25, 0.3) is 0 Å². The van der Waals surface area contributed by atoms with E-state index in [4.69, 9.17) is 9.15 Å². The molecule has 2 aliphatic rings. The third kappa shape index (κ3) is 4.12. The van der Waals surface area contributed by atoms with Gasteiger partial charge in [-0.25, -0.2) is 10.4 Å². The smallest absolute Gasteiger partial charge is 0.240 e. The van der Waals surface area contributed by atoms with E-state index in [1.807, 2.05) is 42.5 Å². The quantitative estimate of drug-likeness (QED) is 0.607. The first kappa shape index (κ1) is 20.7. The van der Waals surface area contributed by atoms with Crippen molar-refractivity contribution in [3.8, 4) is 17.2 Å². The molecule has 1 aromatic heterocycles. The summed E-state index contributed by atoms with van der Waals surface area (Å²) in [5, 5.41) is 7.79. The molecule has 32 heavy (non-hydrogen) atoms. The average molecular weight is 433 g/mol. The molecular formula is C25H28N4O3. The zero-order valence-corrected chi connectivity index (χ0v) is 18.4. The van der Waals surface area contributed by atoms with Crippen LogP contribution in [0.5, 0.6) is 5.75 Å². The Bertz CT molecular complexity index is 1150. The van der Waals surface area contributed by atoms with Crippen LogP contribution in [0, 0.1) is 5.92 Å². The van der Waals surface area contributed by atoms with E-state index in [-0.39, 0.29) is 17.9 Å². The van der Waals surface area contributed by atoms with Crippen molar-refractivity contribution in [1.82, 2.24) is 15.7 Å². The van der Waals surface area contributed by atoms with E-state index in [9.17, 15) is 4.79 Å². The van der Waals surface area contributed by atoms with Crippen LogP contribution < -0.4 is 15.5 Å². The fourth-order valence-electron chi connectivity index (χ4n) is 4.51. The van der Waals surface area contributed by atoms with Gasteiger partial charge in [-0.3, -0.25) is 4.79 Å². The summed E-state index contributed by atoms with van der Waals surface area (Å²) >= 11 is 0. The maximum atomic E-state index is 11.7. The molecule has 1 fully saturated rings. The number of oxazole rings is 1. The van der Waals surface area contributed by atoms with E-state index in [0.29, 0.717) is 23.9 Å². The second-order valence-electron chi connectivity index (χ2n) is 8.59. The number of rotatable bonds is 6. The summed E-state index contributed by atoms with van der Waals surface area (Å²) in [6.45, 7) is 5.25. The molecule has 5 rings (SSSR count). The largest absolute Gasteiger partial charge is 0.489 e. The topological polar surface area (TPSA) is 88.8 Å². The first-order valence-corrected chi connectivity index (χ1v) is 11.4. The summed E-state index contributed by atoms with van der Waals surface area (Å²) < 4.78 is 12.2. The van der Waals surface area contributed by atoms with E-state index in [1.165, 1.54) is 6.42 Å². The Hall–Kier alpha value is -3.19. The number of hydrogen-bond acceptors (Lipinski definition) is 6. The third-order valence-electron chi connectivity index (χ3n) is 6.38. The van der Waals surface area contributed by atoms with Crippen molar-refractivity contribution in [2.75, 3.05) is 6.54 Å². The Labute approximate surface area is 187 Å². The van der Waals surface area contributed by atoms with Crippen molar-refractivity contribution in [2.24, 2.45) is 11.0 Å². The summed E-state index contributed by atoms with van der Waals surface area (Å²) in [7, 11) is 0. The van der Waals surface area contributed by atoms with Gasteiger partial charge in [0.2, 0.25) is 11.8 Å². The molecular weight excluding hydrogens is 404 g/mol. The van der Waals surface area contributed by atoms with E-state index in [1.54, 1.807) is 0 Å². The minimum Gasteiger partial charge on any atom is -0.489 e. The Morgan fingerprint density at radius 3 is 2.75 bits per heavy atom. The monoisotopic (exact) mass is 432 g/mol. The van der Waals surface area contributed by atoms with Crippen molar-refractivity contribution in [3.63, 3.8) is 0 Å². The number of fused-ring (bicyclic) bond motifs is 1. The van der Waals surface area contributed by atoms with Crippen LogP contribution in [0.25, 0.3) is 22.6 Å². The van der Waals surface area contributed by atoms with Gasteiger partial charge in [0.05, 0.1) is 5.71 Å². The number of hydrogen-bond donors (Lipinski definition) is 2. The number of amides is 1. The van der Waals surface area contributed by atoms with Crippen LogP contribution in [0.1, 0.15) is 45.1 Å². The van der Waals surface area contributed by atoms with Gasteiger partial charge in [0.15, 0.2) is 5.58 Å². The molecule has 2 aliphatic heterocycles. The van der Waals surface area contributed by atoms with Crippen LogP contribution in [0.3, 0.4) is 0 Å². The highest BCUT2D eigenvalue weighted by Crippen LogP contribution is 2.29. The molecule has 3 heterocycles. The standard InChI is InChI=1S/C25H28N4O3/c1-3-16-14-23(30)28-29-24(16)18-8-11-21-22(13-18)32-25(27-21)17-6-9-19(10-7-17)31-15(2)20-5-4-12-26-20/h6-11,13,15-16,20,26H,3-5,12,14H2,1-2H3,(H,28,30)/t15-,16?,20?/m0/s1. The average Bonchev–Trinajstić information content (AvgIpc) is 3.49. The fraction of sp³-hybridized carbons (Fsp3) is 0.400. The van der Waals surface area contributed by atoms with Gasteiger partial charge in [-0.15, -0.1) is 0 Å². The summed E-state index contributed by atoms with van der Waals surface area (Å²) in [4.78, 5) is 16.3. The minimum absolute atomic E-state index is 0.0371. The molecule has 2 N–H and O–H groups in total. The van der Waals surface area contributed by atoms with Crippen LogP contribution in [0.4, 0.5) is 0 Å². The molecule has 0 radical (unpaired) electrons. The lowest BCUT2D eigenvalue weighted by Gasteiger charge is -2.21. The van der Waals surface area contributed by atoms with E-state index in [2.05, 4.69) is 34.7 Å². The Morgan fingerprint density at radius 1 is 1.19 bits per heavy atom. The molecule has 2 unspecified atom stereocenters. The number of ether oxygens (including phenoxy) is 1. The number of nitrogens with one attached hydrogen (secondary N) is 2. The van der Waals surface area contributed by atoms with E-state index < -0.39 is 0 Å². The van der Waals surface area contributed by atoms with Crippen molar-refractivity contribution >= 4 is 22.7 Å². The molecule has 3 aromatic rings.